The van der Waals surface area contributed by atoms with Crippen LogP contribution in [0.4, 0.5) is 5.69 Å². The highest BCUT2D eigenvalue weighted by Gasteiger charge is 2.30. The molecule has 0 amide bonds. The van der Waals surface area contributed by atoms with Crippen molar-refractivity contribution < 1.29 is 9.90 Å². The van der Waals surface area contributed by atoms with Crippen molar-refractivity contribution in [3.63, 3.8) is 0 Å². The number of carbonyl (C=O) groups is 1. The van der Waals surface area contributed by atoms with E-state index in [1.165, 1.54) is 31.1 Å². The molecule has 112 valence electrons. The van der Waals surface area contributed by atoms with Gasteiger partial charge in [-0.2, -0.15) is 0 Å². The lowest BCUT2D eigenvalue weighted by atomic mass is 10.1. The standard InChI is InChI=1S/C17H22N2O2/c1-13-11-15(6-4-14(13)5-7-17(20)21)19-10-9-18-8-2-3-16(18)12-19/h4-7,11,16H,2-3,8-10,12H2,1H3,(H,20,21)/b7-5+. The van der Waals surface area contributed by atoms with Gasteiger partial charge in [0.1, 0.15) is 0 Å². The molecule has 1 aromatic rings. The first-order chi connectivity index (χ1) is 10.1. The summed E-state index contributed by atoms with van der Waals surface area (Å²) in [4.78, 5) is 15.7. The first-order valence-electron chi connectivity index (χ1n) is 7.64. The number of benzene rings is 1. The number of aryl methyl sites for hydroxylation is 1. The average molecular weight is 286 g/mol. The van der Waals surface area contributed by atoms with E-state index in [1.54, 1.807) is 6.08 Å². The summed E-state index contributed by atoms with van der Waals surface area (Å²) in [6.45, 7) is 6.65. The predicted octanol–water partition coefficient (Wildman–Crippen LogP) is 2.38. The van der Waals surface area contributed by atoms with Gasteiger partial charge in [0.05, 0.1) is 0 Å². The zero-order valence-electron chi connectivity index (χ0n) is 12.5. The highest BCUT2D eigenvalue weighted by molar-refractivity contribution is 5.85. The molecule has 3 rings (SSSR count). The van der Waals surface area contributed by atoms with Crippen molar-refractivity contribution in [3.8, 4) is 0 Å². The second-order valence-electron chi connectivity index (χ2n) is 5.99. The number of fused-ring (bicyclic) bond motifs is 1. The third kappa shape index (κ3) is 3.10. The van der Waals surface area contributed by atoms with Gasteiger partial charge in [0.2, 0.25) is 0 Å². The molecule has 2 fully saturated rings. The number of hydrogen-bond acceptors (Lipinski definition) is 3. The van der Waals surface area contributed by atoms with Gasteiger partial charge in [-0.1, -0.05) is 6.07 Å². The number of aliphatic carboxylic acids is 1. The summed E-state index contributed by atoms with van der Waals surface area (Å²) in [6.07, 6.45) is 5.50. The molecule has 2 aliphatic rings. The number of carboxylic acids is 1. The van der Waals surface area contributed by atoms with Crippen LogP contribution >= 0.6 is 0 Å². The minimum absolute atomic E-state index is 0.714. The van der Waals surface area contributed by atoms with Crippen LogP contribution in [0.1, 0.15) is 24.0 Å². The summed E-state index contributed by atoms with van der Waals surface area (Å²) in [6, 6.07) is 7.02. The van der Waals surface area contributed by atoms with Gasteiger partial charge in [-0.3, -0.25) is 4.90 Å². The smallest absolute Gasteiger partial charge is 0.328 e. The van der Waals surface area contributed by atoms with Crippen LogP contribution in [0.2, 0.25) is 0 Å². The van der Waals surface area contributed by atoms with Gasteiger partial charge in [-0.15, -0.1) is 0 Å². The molecule has 0 aliphatic carbocycles. The molecule has 2 heterocycles. The van der Waals surface area contributed by atoms with Crippen LogP contribution in [-0.4, -0.2) is 48.2 Å². The monoisotopic (exact) mass is 286 g/mol. The lowest BCUT2D eigenvalue weighted by molar-refractivity contribution is -0.131. The Morgan fingerprint density at radius 1 is 1.33 bits per heavy atom. The number of rotatable bonds is 3. The minimum Gasteiger partial charge on any atom is -0.478 e. The highest BCUT2D eigenvalue weighted by Crippen LogP contribution is 2.27. The van der Waals surface area contributed by atoms with E-state index in [0.717, 1.165) is 30.8 Å². The van der Waals surface area contributed by atoms with Crippen LogP contribution in [0.15, 0.2) is 24.3 Å². The van der Waals surface area contributed by atoms with Gasteiger partial charge < -0.3 is 10.0 Å². The summed E-state index contributed by atoms with van der Waals surface area (Å²) in [7, 11) is 0. The normalized spacial score (nSPS) is 22.7. The number of anilines is 1. The van der Waals surface area contributed by atoms with Crippen molar-refractivity contribution in [2.75, 3.05) is 31.1 Å². The molecule has 1 unspecified atom stereocenters. The molecule has 0 bridgehead atoms. The van der Waals surface area contributed by atoms with E-state index in [0.29, 0.717) is 6.04 Å². The third-order valence-corrected chi connectivity index (χ3v) is 4.61. The fourth-order valence-corrected chi connectivity index (χ4v) is 3.43. The van der Waals surface area contributed by atoms with Crippen molar-refractivity contribution in [1.82, 2.24) is 4.90 Å². The van der Waals surface area contributed by atoms with Crippen molar-refractivity contribution in [3.05, 3.63) is 35.4 Å². The molecular weight excluding hydrogens is 264 g/mol. The maximum atomic E-state index is 10.6. The number of nitrogens with zero attached hydrogens (tertiary/aromatic N) is 2. The van der Waals surface area contributed by atoms with Gasteiger partial charge >= 0.3 is 5.97 Å². The molecule has 0 aromatic heterocycles. The summed E-state index contributed by atoms with van der Waals surface area (Å²) in [5, 5.41) is 8.71. The topological polar surface area (TPSA) is 43.8 Å². The molecule has 0 radical (unpaired) electrons. The summed E-state index contributed by atoms with van der Waals surface area (Å²) in [5.41, 5.74) is 3.35. The number of piperazine rings is 1. The van der Waals surface area contributed by atoms with Crippen LogP contribution in [0.3, 0.4) is 0 Å². The second kappa shape index (κ2) is 5.90. The van der Waals surface area contributed by atoms with Crippen molar-refractivity contribution in [2.24, 2.45) is 0 Å². The van der Waals surface area contributed by atoms with Gasteiger partial charge in [0.15, 0.2) is 0 Å². The summed E-state index contributed by atoms with van der Waals surface area (Å²) >= 11 is 0. The van der Waals surface area contributed by atoms with E-state index in [-0.39, 0.29) is 0 Å². The van der Waals surface area contributed by atoms with Crippen LogP contribution in [-0.2, 0) is 4.79 Å². The Morgan fingerprint density at radius 2 is 2.19 bits per heavy atom. The lowest BCUT2D eigenvalue weighted by Crippen LogP contribution is -2.50. The van der Waals surface area contributed by atoms with Crippen LogP contribution in [0.5, 0.6) is 0 Å². The first-order valence-corrected chi connectivity index (χ1v) is 7.64. The molecule has 0 saturated carbocycles. The van der Waals surface area contributed by atoms with E-state index >= 15 is 0 Å². The number of hydrogen-bond donors (Lipinski definition) is 1. The van der Waals surface area contributed by atoms with Gasteiger partial charge in [0.25, 0.3) is 0 Å². The van der Waals surface area contributed by atoms with Crippen molar-refractivity contribution in [2.45, 2.75) is 25.8 Å². The Labute approximate surface area is 125 Å². The third-order valence-electron chi connectivity index (χ3n) is 4.61. The molecular formula is C17H22N2O2. The predicted molar refractivity (Wildman–Crippen MR) is 84.7 cm³/mol. The molecule has 1 N–H and O–H groups in total. The molecule has 4 heteroatoms. The summed E-state index contributed by atoms with van der Waals surface area (Å²) in [5.74, 6) is -0.907. The maximum Gasteiger partial charge on any atom is 0.328 e. The Hall–Kier alpha value is -1.81. The highest BCUT2D eigenvalue weighted by atomic mass is 16.4. The Kier molecular flexibility index (Phi) is 3.97. The SMILES string of the molecule is Cc1cc(N2CCN3CCCC3C2)ccc1/C=C/C(=O)O. The Balaban J connectivity index is 1.74. The molecule has 4 nitrogen and oxygen atoms in total. The fraction of sp³-hybridized carbons (Fsp3) is 0.471. The quantitative estimate of drug-likeness (QED) is 0.866. The van der Waals surface area contributed by atoms with Crippen molar-refractivity contribution >= 4 is 17.7 Å². The fourth-order valence-electron chi connectivity index (χ4n) is 3.43. The van der Waals surface area contributed by atoms with E-state index < -0.39 is 5.97 Å². The molecule has 2 aliphatic heterocycles. The van der Waals surface area contributed by atoms with Crippen LogP contribution in [0.25, 0.3) is 6.08 Å². The molecule has 21 heavy (non-hydrogen) atoms. The second-order valence-corrected chi connectivity index (χ2v) is 5.99. The first kappa shape index (κ1) is 14.1. The molecule has 1 atom stereocenters. The van der Waals surface area contributed by atoms with E-state index in [2.05, 4.69) is 21.9 Å². The zero-order chi connectivity index (χ0) is 14.8. The minimum atomic E-state index is -0.907. The van der Waals surface area contributed by atoms with Gasteiger partial charge in [-0.05, 0) is 55.6 Å². The lowest BCUT2D eigenvalue weighted by Gasteiger charge is -2.39. The van der Waals surface area contributed by atoms with E-state index in [1.807, 2.05) is 13.0 Å². The zero-order valence-corrected chi connectivity index (χ0v) is 12.5. The average Bonchev–Trinajstić information content (AvgIpc) is 2.93. The largest absolute Gasteiger partial charge is 0.478 e. The Morgan fingerprint density at radius 3 is 2.95 bits per heavy atom. The van der Waals surface area contributed by atoms with E-state index in [4.69, 9.17) is 5.11 Å². The number of carboxylic acid groups (broad SMARTS) is 1. The van der Waals surface area contributed by atoms with Gasteiger partial charge in [-0.25, -0.2) is 4.79 Å². The van der Waals surface area contributed by atoms with Crippen molar-refractivity contribution in [1.29, 1.82) is 0 Å². The molecule has 0 spiro atoms. The van der Waals surface area contributed by atoms with Crippen LogP contribution in [0, 0.1) is 6.92 Å². The maximum absolute atomic E-state index is 10.6. The molecule has 2 saturated heterocycles. The summed E-state index contributed by atoms with van der Waals surface area (Å²) < 4.78 is 0. The molecule has 1 aromatic carbocycles. The van der Waals surface area contributed by atoms with Crippen LogP contribution < -0.4 is 4.90 Å². The van der Waals surface area contributed by atoms with Gasteiger partial charge in [0, 0.05) is 37.4 Å². The van der Waals surface area contributed by atoms with E-state index in [9.17, 15) is 4.79 Å². The Bertz CT molecular complexity index is 568.